The van der Waals surface area contributed by atoms with E-state index in [2.05, 4.69) is 15.3 Å². The van der Waals surface area contributed by atoms with E-state index in [0.29, 0.717) is 6.54 Å². The number of carbonyl (C=O) groups is 1. The fourth-order valence-corrected chi connectivity index (χ4v) is 1.97. The zero-order chi connectivity index (χ0) is 12.3. The Morgan fingerprint density at radius 2 is 2.41 bits per heavy atom. The van der Waals surface area contributed by atoms with E-state index in [-0.39, 0.29) is 12.3 Å². The van der Waals surface area contributed by atoms with Crippen molar-refractivity contribution in [3.05, 3.63) is 30.1 Å². The average Bonchev–Trinajstić information content (AvgIpc) is 2.74. The summed E-state index contributed by atoms with van der Waals surface area (Å²) in [6, 6.07) is 5.81. The van der Waals surface area contributed by atoms with Crippen molar-refractivity contribution in [3.8, 4) is 0 Å². The number of rotatable bonds is 5. The van der Waals surface area contributed by atoms with E-state index < -0.39 is 5.97 Å². The van der Waals surface area contributed by atoms with Gasteiger partial charge in [-0.3, -0.25) is 4.79 Å². The van der Waals surface area contributed by atoms with Crippen molar-refractivity contribution in [2.75, 3.05) is 13.6 Å². The van der Waals surface area contributed by atoms with E-state index in [1.165, 1.54) is 0 Å². The molecule has 0 amide bonds. The first-order chi connectivity index (χ1) is 8.20. The molecule has 90 valence electrons. The number of nitrogens with zero attached hydrogens (tertiary/aromatic N) is 1. The maximum Gasteiger partial charge on any atom is 0.304 e. The summed E-state index contributed by atoms with van der Waals surface area (Å²) in [6.45, 7) is 0.645. The van der Waals surface area contributed by atoms with Crippen LogP contribution in [0.15, 0.2) is 24.5 Å². The van der Waals surface area contributed by atoms with Crippen LogP contribution in [0.4, 0.5) is 0 Å². The van der Waals surface area contributed by atoms with Gasteiger partial charge in [-0.15, -0.1) is 0 Å². The molecule has 1 unspecified atom stereocenters. The number of imidazole rings is 1. The van der Waals surface area contributed by atoms with E-state index in [9.17, 15) is 4.79 Å². The lowest BCUT2D eigenvalue weighted by atomic mass is 9.95. The number of benzene rings is 1. The van der Waals surface area contributed by atoms with Gasteiger partial charge in [-0.1, -0.05) is 6.07 Å². The Labute approximate surface area is 98.9 Å². The van der Waals surface area contributed by atoms with Crippen molar-refractivity contribution in [2.45, 2.75) is 12.3 Å². The van der Waals surface area contributed by atoms with Crippen LogP contribution in [0.2, 0.25) is 0 Å². The molecule has 1 atom stereocenters. The molecule has 0 spiro atoms. The molecule has 0 saturated heterocycles. The fourth-order valence-electron chi connectivity index (χ4n) is 1.97. The topological polar surface area (TPSA) is 78.0 Å². The number of fused-ring (bicyclic) bond motifs is 1. The molecule has 0 aliphatic heterocycles. The molecule has 2 aromatic rings. The molecular weight excluding hydrogens is 218 g/mol. The van der Waals surface area contributed by atoms with Crippen LogP contribution in [0.3, 0.4) is 0 Å². The summed E-state index contributed by atoms with van der Waals surface area (Å²) in [5, 5.41) is 11.9. The van der Waals surface area contributed by atoms with Gasteiger partial charge in [0.2, 0.25) is 0 Å². The standard InChI is InChI=1S/C12H15N3O2/c1-13-6-9(5-12(16)17)8-2-3-10-11(4-8)15-7-14-10/h2-4,7,9,13H,5-6H2,1H3,(H,14,15)(H,16,17). The number of hydrogen-bond donors (Lipinski definition) is 3. The fraction of sp³-hybridized carbons (Fsp3) is 0.333. The van der Waals surface area contributed by atoms with Crippen LogP contribution in [-0.4, -0.2) is 34.6 Å². The number of carboxylic acid groups (broad SMARTS) is 1. The van der Waals surface area contributed by atoms with Gasteiger partial charge in [0.25, 0.3) is 0 Å². The third-order valence-corrected chi connectivity index (χ3v) is 2.79. The summed E-state index contributed by atoms with van der Waals surface area (Å²) in [7, 11) is 1.82. The number of nitrogens with one attached hydrogen (secondary N) is 2. The SMILES string of the molecule is CNCC(CC(=O)O)c1ccc2nc[nH]c2c1. The highest BCUT2D eigenvalue weighted by Crippen LogP contribution is 2.22. The zero-order valence-electron chi connectivity index (χ0n) is 9.60. The van der Waals surface area contributed by atoms with Gasteiger partial charge in [0.1, 0.15) is 0 Å². The summed E-state index contributed by atoms with van der Waals surface area (Å²) in [5.74, 6) is -0.805. The van der Waals surface area contributed by atoms with Gasteiger partial charge in [0.05, 0.1) is 23.8 Å². The van der Waals surface area contributed by atoms with Gasteiger partial charge < -0.3 is 15.4 Å². The van der Waals surface area contributed by atoms with Gasteiger partial charge in [-0.05, 0) is 24.7 Å². The molecule has 0 aliphatic carbocycles. The van der Waals surface area contributed by atoms with Crippen molar-refractivity contribution in [2.24, 2.45) is 0 Å². The third kappa shape index (κ3) is 2.62. The molecule has 0 aliphatic rings. The Balaban J connectivity index is 2.29. The second-order valence-corrected chi connectivity index (χ2v) is 4.03. The quantitative estimate of drug-likeness (QED) is 0.728. The molecule has 5 nitrogen and oxygen atoms in total. The predicted octanol–water partition coefficient (Wildman–Crippen LogP) is 1.34. The van der Waals surface area contributed by atoms with E-state index in [0.717, 1.165) is 16.6 Å². The minimum absolute atomic E-state index is 0.0230. The Morgan fingerprint density at radius 1 is 1.59 bits per heavy atom. The summed E-state index contributed by atoms with van der Waals surface area (Å²) >= 11 is 0. The van der Waals surface area contributed by atoms with Crippen LogP contribution >= 0.6 is 0 Å². The molecule has 0 fully saturated rings. The molecule has 17 heavy (non-hydrogen) atoms. The monoisotopic (exact) mass is 233 g/mol. The minimum atomic E-state index is -0.782. The number of likely N-dealkylation sites (N-methyl/N-ethyl adjacent to an activating group) is 1. The first-order valence-electron chi connectivity index (χ1n) is 5.50. The summed E-state index contributed by atoms with van der Waals surface area (Å²) in [6.07, 6.45) is 1.76. The molecule has 0 radical (unpaired) electrons. The first-order valence-corrected chi connectivity index (χ1v) is 5.50. The molecule has 3 N–H and O–H groups in total. The highest BCUT2D eigenvalue weighted by atomic mass is 16.4. The number of aromatic amines is 1. The van der Waals surface area contributed by atoms with Crippen LogP contribution in [0.1, 0.15) is 17.9 Å². The van der Waals surface area contributed by atoms with Crippen LogP contribution in [-0.2, 0) is 4.79 Å². The largest absolute Gasteiger partial charge is 0.481 e. The molecule has 0 saturated carbocycles. The molecule has 1 aromatic carbocycles. The highest BCUT2D eigenvalue weighted by Gasteiger charge is 2.15. The van der Waals surface area contributed by atoms with Crippen LogP contribution < -0.4 is 5.32 Å². The molecule has 1 aromatic heterocycles. The van der Waals surface area contributed by atoms with Crippen molar-refractivity contribution < 1.29 is 9.90 Å². The number of aromatic nitrogens is 2. The average molecular weight is 233 g/mol. The smallest absolute Gasteiger partial charge is 0.304 e. The Morgan fingerprint density at radius 3 is 3.12 bits per heavy atom. The van der Waals surface area contributed by atoms with Gasteiger partial charge >= 0.3 is 5.97 Å². The van der Waals surface area contributed by atoms with Crippen molar-refractivity contribution in [1.29, 1.82) is 0 Å². The van der Waals surface area contributed by atoms with Crippen molar-refractivity contribution in [1.82, 2.24) is 15.3 Å². The number of aliphatic carboxylic acids is 1. The predicted molar refractivity (Wildman–Crippen MR) is 65.0 cm³/mol. The summed E-state index contributed by atoms with van der Waals surface area (Å²) < 4.78 is 0. The van der Waals surface area contributed by atoms with E-state index >= 15 is 0 Å². The lowest BCUT2D eigenvalue weighted by Crippen LogP contribution is -2.19. The Kier molecular flexibility index (Phi) is 3.39. The molecule has 0 bridgehead atoms. The van der Waals surface area contributed by atoms with Crippen molar-refractivity contribution in [3.63, 3.8) is 0 Å². The lowest BCUT2D eigenvalue weighted by Gasteiger charge is -2.14. The second kappa shape index (κ2) is 4.97. The number of H-pyrrole nitrogens is 1. The zero-order valence-corrected chi connectivity index (χ0v) is 9.60. The van der Waals surface area contributed by atoms with Gasteiger partial charge in [0.15, 0.2) is 0 Å². The molecule has 1 heterocycles. The number of carboxylic acids is 1. The van der Waals surface area contributed by atoms with Crippen LogP contribution in [0.5, 0.6) is 0 Å². The number of hydrogen-bond acceptors (Lipinski definition) is 3. The minimum Gasteiger partial charge on any atom is -0.481 e. The molecular formula is C12H15N3O2. The maximum absolute atomic E-state index is 10.8. The van der Waals surface area contributed by atoms with Crippen molar-refractivity contribution >= 4 is 17.0 Å². The second-order valence-electron chi connectivity index (χ2n) is 4.03. The normalized spacial score (nSPS) is 12.8. The molecule has 5 heteroatoms. The Hall–Kier alpha value is -1.88. The lowest BCUT2D eigenvalue weighted by molar-refractivity contribution is -0.137. The van der Waals surface area contributed by atoms with Gasteiger partial charge in [-0.2, -0.15) is 0 Å². The molecule has 2 rings (SSSR count). The van der Waals surface area contributed by atoms with E-state index in [4.69, 9.17) is 5.11 Å². The first kappa shape index (κ1) is 11.6. The van der Waals surface area contributed by atoms with Crippen LogP contribution in [0, 0.1) is 0 Å². The van der Waals surface area contributed by atoms with Crippen LogP contribution in [0.25, 0.3) is 11.0 Å². The summed E-state index contributed by atoms with van der Waals surface area (Å²) in [5.41, 5.74) is 2.85. The highest BCUT2D eigenvalue weighted by molar-refractivity contribution is 5.76. The maximum atomic E-state index is 10.8. The van der Waals surface area contributed by atoms with E-state index in [1.54, 1.807) is 6.33 Å². The summed E-state index contributed by atoms with van der Waals surface area (Å²) in [4.78, 5) is 18.0. The third-order valence-electron chi connectivity index (χ3n) is 2.79. The van der Waals surface area contributed by atoms with E-state index in [1.807, 2.05) is 25.2 Å². The van der Waals surface area contributed by atoms with Gasteiger partial charge in [-0.25, -0.2) is 4.98 Å². The Bertz CT molecular complexity index is 521. The van der Waals surface area contributed by atoms with Gasteiger partial charge in [0, 0.05) is 12.5 Å².